The van der Waals surface area contributed by atoms with Crippen molar-refractivity contribution in [3.63, 3.8) is 0 Å². The molecule has 0 aliphatic carbocycles. The second-order valence-electron chi connectivity index (χ2n) is 16.6. The molecule has 0 atom stereocenters. The summed E-state index contributed by atoms with van der Waals surface area (Å²) in [5, 5.41) is 11.2. The molecule has 8 rings (SSSR count). The molecular formula is C56H55LiN2O11. The van der Waals surface area contributed by atoms with Gasteiger partial charge in [-0.1, -0.05) is 60.7 Å². The predicted molar refractivity (Wildman–Crippen MR) is 264 cm³/mol. The average molecular weight is 939 g/mol. The largest absolute Gasteiger partial charge is 1.00 e. The third-order valence-corrected chi connectivity index (χ3v) is 11.5. The summed E-state index contributed by atoms with van der Waals surface area (Å²) in [5.41, 5.74) is 25.3. The Bertz CT molecular complexity index is 3170. The molecule has 0 fully saturated rings. The van der Waals surface area contributed by atoms with Gasteiger partial charge in [0.25, 0.3) is 0 Å². The number of ether oxygens (including phenoxy) is 3. The van der Waals surface area contributed by atoms with E-state index in [1.54, 1.807) is 55.8 Å². The van der Waals surface area contributed by atoms with Crippen molar-refractivity contribution in [1.29, 1.82) is 0 Å². The van der Waals surface area contributed by atoms with Crippen LogP contribution in [0.4, 0.5) is 0 Å². The first-order valence-electron chi connectivity index (χ1n) is 22.3. The summed E-state index contributed by atoms with van der Waals surface area (Å²) in [7, 11) is 0. The summed E-state index contributed by atoms with van der Waals surface area (Å²) in [6.45, 7) is 10.4. The predicted octanol–water partition coefficient (Wildman–Crippen LogP) is 7.86. The molecule has 2 heterocycles. The fraction of sp³-hybridized carbons (Fsp3) is 0.214. The van der Waals surface area contributed by atoms with Gasteiger partial charge < -0.3 is 45.1 Å². The van der Waals surface area contributed by atoms with Crippen LogP contribution < -0.4 is 39.8 Å². The molecule has 0 saturated carbocycles. The SMILES string of the molecule is CC(=O)c1ccc(CC(=O)O)c(OCc2cc(-c3cccc(CN)c3)c3occ(C)c3c2)c1.CCOC(=O)Cc1ccc(C(C)=O)cc1OCc1cc(-c2cccc(CN)c2)c2occ(C)c2c1.[Li+].[OH-]. The van der Waals surface area contributed by atoms with Crippen LogP contribution in [-0.4, -0.2) is 40.7 Å². The number of carboxylic acid groups (broad SMARTS) is 1. The summed E-state index contributed by atoms with van der Waals surface area (Å²) in [6.07, 6.45) is 3.36. The minimum absolute atomic E-state index is 0. The van der Waals surface area contributed by atoms with Crippen LogP contribution in [0.25, 0.3) is 44.2 Å². The van der Waals surface area contributed by atoms with Crippen LogP contribution in [0.15, 0.2) is 131 Å². The smallest absolute Gasteiger partial charge is 0.870 e. The van der Waals surface area contributed by atoms with E-state index in [4.69, 9.17) is 34.5 Å². The maximum Gasteiger partial charge on any atom is 1.00 e. The number of benzene rings is 6. The van der Waals surface area contributed by atoms with Crippen molar-refractivity contribution >= 4 is 45.4 Å². The number of ketones is 2. The Morgan fingerprint density at radius 1 is 0.586 bits per heavy atom. The Labute approximate surface area is 418 Å². The van der Waals surface area contributed by atoms with Crippen LogP contribution in [0.1, 0.15) is 86.0 Å². The quantitative estimate of drug-likeness (QED) is 0.0450. The van der Waals surface area contributed by atoms with Gasteiger partial charge in [0, 0.05) is 57.2 Å². The van der Waals surface area contributed by atoms with Gasteiger partial charge in [0.2, 0.25) is 0 Å². The minimum Gasteiger partial charge on any atom is -0.870 e. The van der Waals surface area contributed by atoms with Crippen molar-refractivity contribution in [1.82, 2.24) is 0 Å². The molecule has 0 unspecified atom stereocenters. The zero-order chi connectivity index (χ0) is 48.5. The first-order chi connectivity index (χ1) is 32.7. The summed E-state index contributed by atoms with van der Waals surface area (Å²) in [6, 6.07) is 34.2. The van der Waals surface area contributed by atoms with Crippen LogP contribution in [0, 0.1) is 13.8 Å². The number of esters is 1. The van der Waals surface area contributed by atoms with Crippen molar-refractivity contribution in [2.24, 2.45) is 11.5 Å². The van der Waals surface area contributed by atoms with Gasteiger partial charge in [-0.15, -0.1) is 0 Å². The van der Waals surface area contributed by atoms with E-state index >= 15 is 0 Å². The first-order valence-corrected chi connectivity index (χ1v) is 22.3. The Hall–Kier alpha value is -7.24. The van der Waals surface area contributed by atoms with Crippen LogP contribution in [0.5, 0.6) is 11.5 Å². The molecule has 6 N–H and O–H groups in total. The number of carboxylic acids is 1. The fourth-order valence-corrected chi connectivity index (χ4v) is 7.93. The van der Waals surface area contributed by atoms with Crippen LogP contribution in [0.3, 0.4) is 0 Å². The Morgan fingerprint density at radius 3 is 1.43 bits per heavy atom. The fourth-order valence-electron chi connectivity index (χ4n) is 7.93. The first kappa shape index (κ1) is 53.7. The molecule has 6 aromatic carbocycles. The van der Waals surface area contributed by atoms with E-state index in [0.29, 0.717) is 53.4 Å². The molecule has 0 radical (unpaired) electrons. The minimum atomic E-state index is -0.965. The van der Waals surface area contributed by atoms with E-state index in [9.17, 15) is 24.3 Å². The number of carbonyl (C=O) groups is 4. The number of rotatable bonds is 17. The van der Waals surface area contributed by atoms with Crippen molar-refractivity contribution in [3.05, 3.63) is 177 Å². The van der Waals surface area contributed by atoms with Crippen molar-refractivity contribution < 1.29 is 71.7 Å². The molecule has 13 nitrogen and oxygen atoms in total. The standard InChI is InChI=1S/C29H29NO5.C27H25NO5.Li.H2O/c1-4-33-28(32)14-24-9-8-22(19(3)31)13-27(24)34-17-21-11-25-18(2)16-35-29(25)26(12-21)23-7-5-6-20(10-23)15-30;1-16-14-33-27-23(16)9-19(10-24(27)21-5-3-4-18(8-21)13-28)15-32-25-11-20(17(2)29)6-7-22(25)12-26(30)31;;/h5-13,16H,4,14-15,17,30H2,1-3H3;3-11,14H,12-13,15,28H2,1-2H3,(H,30,31);;1H2/q;;+1;/p-1. The number of fused-ring (bicyclic) bond motifs is 2. The van der Waals surface area contributed by atoms with Gasteiger partial charge in [-0.3, -0.25) is 19.2 Å². The van der Waals surface area contributed by atoms with Gasteiger partial charge in [0.15, 0.2) is 11.6 Å². The number of aliphatic carboxylic acids is 1. The molecule has 0 amide bonds. The van der Waals surface area contributed by atoms with E-state index in [0.717, 1.165) is 77.6 Å². The number of aryl methyl sites for hydroxylation is 2. The number of hydrogen-bond acceptors (Lipinski definition) is 12. The Morgan fingerprint density at radius 2 is 1.03 bits per heavy atom. The number of carbonyl (C=O) groups excluding carboxylic acids is 3. The molecule has 14 heteroatoms. The zero-order valence-corrected chi connectivity index (χ0v) is 40.2. The van der Waals surface area contributed by atoms with Crippen molar-refractivity contribution in [3.8, 4) is 33.8 Å². The van der Waals surface area contributed by atoms with E-state index in [1.165, 1.54) is 13.8 Å². The molecular weight excluding hydrogens is 884 g/mol. The summed E-state index contributed by atoms with van der Waals surface area (Å²) >= 11 is 0. The molecule has 0 saturated heterocycles. The molecule has 0 aliphatic heterocycles. The number of Topliss-reactive ketones (excluding diaryl/α,β-unsaturated/α-hetero) is 2. The number of furan rings is 2. The van der Waals surface area contributed by atoms with E-state index < -0.39 is 5.97 Å². The molecule has 2 aromatic heterocycles. The van der Waals surface area contributed by atoms with Gasteiger partial charge >= 0.3 is 30.8 Å². The second kappa shape index (κ2) is 24.4. The molecule has 356 valence electrons. The maximum atomic E-state index is 12.1. The monoisotopic (exact) mass is 938 g/mol. The molecule has 70 heavy (non-hydrogen) atoms. The van der Waals surface area contributed by atoms with Crippen LogP contribution >= 0.6 is 0 Å². The van der Waals surface area contributed by atoms with Gasteiger partial charge in [-0.2, -0.15) is 0 Å². The van der Waals surface area contributed by atoms with Crippen LogP contribution in [0.2, 0.25) is 0 Å². The normalized spacial score (nSPS) is 10.7. The van der Waals surface area contributed by atoms with E-state index in [-0.39, 0.29) is 67.9 Å². The van der Waals surface area contributed by atoms with Gasteiger partial charge in [0.1, 0.15) is 35.9 Å². The summed E-state index contributed by atoms with van der Waals surface area (Å²) in [5.74, 6) is -0.616. The number of nitrogens with two attached hydrogens (primary N) is 2. The third-order valence-electron chi connectivity index (χ3n) is 11.5. The zero-order valence-electron chi connectivity index (χ0n) is 40.2. The van der Waals surface area contributed by atoms with Gasteiger partial charge in [-0.05, 0) is 128 Å². The summed E-state index contributed by atoms with van der Waals surface area (Å²) < 4.78 is 29.1. The number of hydrogen-bond donors (Lipinski definition) is 3. The van der Waals surface area contributed by atoms with Crippen molar-refractivity contribution in [2.45, 2.75) is 73.8 Å². The molecule has 8 aromatic rings. The molecule has 0 spiro atoms. The Kier molecular flexibility index (Phi) is 18.7. The van der Waals surface area contributed by atoms with Crippen molar-refractivity contribution in [2.75, 3.05) is 6.61 Å². The van der Waals surface area contributed by atoms with E-state index in [2.05, 4.69) is 6.07 Å². The van der Waals surface area contributed by atoms with E-state index in [1.807, 2.05) is 80.6 Å². The topological polar surface area (TPSA) is 225 Å². The third kappa shape index (κ3) is 12.9. The van der Waals surface area contributed by atoms with Gasteiger partial charge in [-0.25, -0.2) is 0 Å². The molecule has 0 bridgehead atoms. The maximum absolute atomic E-state index is 12.1. The van der Waals surface area contributed by atoms with Gasteiger partial charge in [0.05, 0.1) is 32.0 Å². The summed E-state index contributed by atoms with van der Waals surface area (Å²) in [4.78, 5) is 47.2. The second-order valence-corrected chi connectivity index (χ2v) is 16.6. The molecule has 0 aliphatic rings. The average Bonchev–Trinajstić information content (AvgIpc) is 3.91. The van der Waals surface area contributed by atoms with Crippen LogP contribution in [-0.2, 0) is 53.5 Å². The Balaban J connectivity index is 0.000000254.